The Morgan fingerprint density at radius 2 is 2.00 bits per heavy atom. The van der Waals surface area contributed by atoms with E-state index in [9.17, 15) is 0 Å². The van der Waals surface area contributed by atoms with Gasteiger partial charge in [-0.2, -0.15) is 0 Å². The lowest BCUT2D eigenvalue weighted by atomic mass is 10.2. The Balaban J connectivity index is 2.41. The highest BCUT2D eigenvalue weighted by molar-refractivity contribution is 5.50. The summed E-state index contributed by atoms with van der Waals surface area (Å²) in [5.74, 6) is 0.953. The minimum Gasteiger partial charge on any atom is -0.494 e. The Bertz CT molecular complexity index is 303. The lowest BCUT2D eigenvalue weighted by molar-refractivity contribution is 0.317. The highest BCUT2D eigenvalue weighted by Gasteiger charge is 1.91. The molecule has 0 aliphatic heterocycles. The zero-order chi connectivity index (χ0) is 11.6. The van der Waals surface area contributed by atoms with E-state index < -0.39 is 0 Å². The lowest BCUT2D eigenvalue weighted by Gasteiger charge is -2.03. The third-order valence-electron chi connectivity index (χ3n) is 2.22. The van der Waals surface area contributed by atoms with Crippen molar-refractivity contribution in [1.82, 2.24) is 5.32 Å². The molecule has 0 aliphatic carbocycles. The van der Waals surface area contributed by atoms with Crippen LogP contribution in [0, 0.1) is 0 Å². The molecule has 0 spiro atoms. The van der Waals surface area contributed by atoms with Crippen molar-refractivity contribution in [1.29, 1.82) is 0 Å². The van der Waals surface area contributed by atoms with Gasteiger partial charge in [-0.1, -0.05) is 31.2 Å². The summed E-state index contributed by atoms with van der Waals surface area (Å²) >= 11 is 0. The second-order valence-corrected chi connectivity index (χ2v) is 3.71. The van der Waals surface area contributed by atoms with Crippen molar-refractivity contribution in [3.05, 3.63) is 35.9 Å². The van der Waals surface area contributed by atoms with E-state index in [4.69, 9.17) is 4.74 Å². The van der Waals surface area contributed by atoms with Crippen LogP contribution in [0.3, 0.4) is 0 Å². The van der Waals surface area contributed by atoms with Crippen LogP contribution < -0.4 is 10.1 Å². The molecule has 16 heavy (non-hydrogen) atoms. The average Bonchev–Trinajstić information content (AvgIpc) is 2.33. The van der Waals surface area contributed by atoms with Gasteiger partial charge in [-0.25, -0.2) is 0 Å². The molecule has 0 amide bonds. The van der Waals surface area contributed by atoms with Crippen molar-refractivity contribution < 1.29 is 4.74 Å². The summed E-state index contributed by atoms with van der Waals surface area (Å²) in [5, 5.41) is 3.11. The summed E-state index contributed by atoms with van der Waals surface area (Å²) < 4.78 is 5.52. The van der Waals surface area contributed by atoms with Crippen molar-refractivity contribution in [2.24, 2.45) is 0 Å². The molecule has 0 atom stereocenters. The van der Waals surface area contributed by atoms with Gasteiger partial charge in [0.2, 0.25) is 0 Å². The SMILES string of the molecule is CCCOc1ccc(C=CCCNC)cc1. The summed E-state index contributed by atoms with van der Waals surface area (Å²) in [5.41, 5.74) is 1.22. The Kier molecular flexibility index (Phi) is 6.35. The largest absolute Gasteiger partial charge is 0.494 e. The molecule has 0 fully saturated rings. The van der Waals surface area contributed by atoms with E-state index in [2.05, 4.69) is 36.5 Å². The van der Waals surface area contributed by atoms with Gasteiger partial charge in [0.05, 0.1) is 6.61 Å². The number of hydrogen-bond acceptors (Lipinski definition) is 2. The molecule has 2 nitrogen and oxygen atoms in total. The van der Waals surface area contributed by atoms with Gasteiger partial charge in [0, 0.05) is 0 Å². The van der Waals surface area contributed by atoms with Crippen LogP contribution in [0.2, 0.25) is 0 Å². The number of hydrogen-bond donors (Lipinski definition) is 1. The van der Waals surface area contributed by atoms with Crippen molar-refractivity contribution in [3.8, 4) is 5.75 Å². The Morgan fingerprint density at radius 1 is 1.25 bits per heavy atom. The fourth-order valence-electron chi connectivity index (χ4n) is 1.34. The number of nitrogens with one attached hydrogen (secondary N) is 1. The molecule has 0 saturated carbocycles. The van der Waals surface area contributed by atoms with E-state index in [1.165, 1.54) is 5.56 Å². The molecule has 0 aromatic heterocycles. The normalized spacial score (nSPS) is 10.9. The van der Waals surface area contributed by atoms with Gasteiger partial charge < -0.3 is 10.1 Å². The van der Waals surface area contributed by atoms with Crippen LogP contribution >= 0.6 is 0 Å². The van der Waals surface area contributed by atoms with Crippen LogP contribution in [-0.2, 0) is 0 Å². The number of ether oxygens (including phenoxy) is 1. The maximum Gasteiger partial charge on any atom is 0.119 e. The topological polar surface area (TPSA) is 21.3 Å². The fraction of sp³-hybridized carbons (Fsp3) is 0.429. The van der Waals surface area contributed by atoms with Crippen molar-refractivity contribution in [2.45, 2.75) is 19.8 Å². The van der Waals surface area contributed by atoms with Crippen LogP contribution in [-0.4, -0.2) is 20.2 Å². The Labute approximate surface area is 98.3 Å². The van der Waals surface area contributed by atoms with E-state index >= 15 is 0 Å². The summed E-state index contributed by atoms with van der Waals surface area (Å²) in [4.78, 5) is 0. The van der Waals surface area contributed by atoms with Crippen LogP contribution in [0.4, 0.5) is 0 Å². The van der Waals surface area contributed by atoms with E-state index in [1.807, 2.05) is 19.2 Å². The quantitative estimate of drug-likeness (QED) is 0.711. The molecule has 1 rings (SSSR count). The van der Waals surface area contributed by atoms with Crippen LogP contribution in [0.5, 0.6) is 5.75 Å². The predicted molar refractivity (Wildman–Crippen MR) is 69.8 cm³/mol. The summed E-state index contributed by atoms with van der Waals surface area (Å²) in [6, 6.07) is 8.21. The first-order valence-electron chi connectivity index (χ1n) is 5.91. The molecule has 0 unspecified atom stereocenters. The molecule has 1 aromatic rings. The zero-order valence-electron chi connectivity index (χ0n) is 10.2. The number of benzene rings is 1. The standard InChI is InChI=1S/C14H21NO/c1-3-12-16-14-9-7-13(8-10-14)6-4-5-11-15-2/h4,6-10,15H,3,5,11-12H2,1-2H3. The van der Waals surface area contributed by atoms with E-state index in [-0.39, 0.29) is 0 Å². The van der Waals surface area contributed by atoms with Crippen LogP contribution in [0.1, 0.15) is 25.3 Å². The van der Waals surface area contributed by atoms with Gasteiger partial charge in [0.1, 0.15) is 5.75 Å². The van der Waals surface area contributed by atoms with E-state index in [0.29, 0.717) is 0 Å². The third-order valence-corrected chi connectivity index (χ3v) is 2.22. The number of rotatable bonds is 7. The van der Waals surface area contributed by atoms with Crippen LogP contribution in [0.25, 0.3) is 6.08 Å². The third kappa shape index (κ3) is 4.99. The van der Waals surface area contributed by atoms with Crippen molar-refractivity contribution >= 4 is 6.08 Å². The summed E-state index contributed by atoms with van der Waals surface area (Å²) in [6.07, 6.45) is 6.43. The van der Waals surface area contributed by atoms with E-state index in [1.54, 1.807) is 0 Å². The molecule has 0 bridgehead atoms. The first-order valence-corrected chi connectivity index (χ1v) is 5.91. The van der Waals surface area contributed by atoms with Gasteiger partial charge in [0.15, 0.2) is 0 Å². The minimum atomic E-state index is 0.789. The highest BCUT2D eigenvalue weighted by atomic mass is 16.5. The first kappa shape index (κ1) is 12.8. The molecule has 1 aromatic carbocycles. The monoisotopic (exact) mass is 219 g/mol. The van der Waals surface area contributed by atoms with E-state index in [0.717, 1.165) is 31.7 Å². The maximum absolute atomic E-state index is 5.52. The average molecular weight is 219 g/mol. The molecule has 1 N–H and O–H groups in total. The van der Waals surface area contributed by atoms with Crippen LogP contribution in [0.15, 0.2) is 30.3 Å². The fourth-order valence-corrected chi connectivity index (χ4v) is 1.34. The van der Waals surface area contributed by atoms with Gasteiger partial charge in [-0.05, 0) is 44.1 Å². The molecule has 2 heteroatoms. The molecular weight excluding hydrogens is 198 g/mol. The molecule has 0 radical (unpaired) electrons. The summed E-state index contributed by atoms with van der Waals surface area (Å²) in [7, 11) is 1.97. The van der Waals surface area contributed by atoms with Crippen molar-refractivity contribution in [3.63, 3.8) is 0 Å². The second kappa shape index (κ2) is 7.94. The molecule has 0 heterocycles. The zero-order valence-corrected chi connectivity index (χ0v) is 10.2. The predicted octanol–water partition coefficient (Wildman–Crippen LogP) is 3.10. The second-order valence-electron chi connectivity index (χ2n) is 3.71. The Hall–Kier alpha value is -1.28. The summed E-state index contributed by atoms with van der Waals surface area (Å²) in [6.45, 7) is 3.92. The van der Waals surface area contributed by atoms with Gasteiger partial charge >= 0.3 is 0 Å². The lowest BCUT2D eigenvalue weighted by Crippen LogP contribution is -2.05. The smallest absolute Gasteiger partial charge is 0.119 e. The van der Waals surface area contributed by atoms with Gasteiger partial charge in [0.25, 0.3) is 0 Å². The maximum atomic E-state index is 5.52. The Morgan fingerprint density at radius 3 is 2.62 bits per heavy atom. The van der Waals surface area contributed by atoms with Gasteiger partial charge in [-0.15, -0.1) is 0 Å². The molecule has 88 valence electrons. The molecular formula is C14H21NO. The van der Waals surface area contributed by atoms with Crippen molar-refractivity contribution in [2.75, 3.05) is 20.2 Å². The molecule has 0 saturated heterocycles. The first-order chi connectivity index (χ1) is 7.86. The van der Waals surface area contributed by atoms with Gasteiger partial charge in [-0.3, -0.25) is 0 Å². The molecule has 0 aliphatic rings. The minimum absolute atomic E-state index is 0.789. The highest BCUT2D eigenvalue weighted by Crippen LogP contribution is 2.13.